The Morgan fingerprint density at radius 2 is 2.00 bits per heavy atom. The van der Waals surface area contributed by atoms with Crippen LogP contribution in [-0.2, 0) is 9.59 Å². The molecule has 2 aliphatic rings. The van der Waals surface area contributed by atoms with Crippen molar-refractivity contribution in [1.29, 1.82) is 0 Å². The second kappa shape index (κ2) is 6.22. The number of hydrogen-bond acceptors (Lipinski definition) is 3. The number of hydrogen-bond donors (Lipinski definition) is 2. The number of nitrogens with one attached hydrogen (secondary N) is 2. The van der Waals surface area contributed by atoms with E-state index >= 15 is 0 Å². The fraction of sp³-hybridized carbons (Fsp3) is 0.471. The molecule has 1 heterocycles. The van der Waals surface area contributed by atoms with Crippen molar-refractivity contribution in [2.24, 2.45) is 0 Å². The van der Waals surface area contributed by atoms with E-state index in [-0.39, 0.29) is 18.3 Å². The Labute approximate surface area is 139 Å². The van der Waals surface area contributed by atoms with Crippen LogP contribution < -0.4 is 10.6 Å². The standard InChI is InChI=1S/C17H20FN3O3/c1-11-9-12(18)5-6-13(11)19-14(22)10-21-15(23)17(20-16(21)24)7-3-2-4-8-17/h5-6,9H,2-4,7-8,10H2,1H3,(H,19,22)(H,20,24). The molecule has 1 aromatic rings. The third kappa shape index (κ3) is 2.98. The van der Waals surface area contributed by atoms with E-state index in [1.54, 1.807) is 6.92 Å². The van der Waals surface area contributed by atoms with Gasteiger partial charge in [-0.05, 0) is 43.5 Å². The van der Waals surface area contributed by atoms with Crippen LogP contribution >= 0.6 is 0 Å². The zero-order valence-electron chi connectivity index (χ0n) is 13.5. The van der Waals surface area contributed by atoms with Crippen molar-refractivity contribution >= 4 is 23.5 Å². The van der Waals surface area contributed by atoms with Crippen LogP contribution in [0.2, 0.25) is 0 Å². The van der Waals surface area contributed by atoms with Gasteiger partial charge in [-0.1, -0.05) is 19.3 Å². The summed E-state index contributed by atoms with van der Waals surface area (Å²) in [5.74, 6) is -1.20. The number of anilines is 1. The number of halogens is 1. The highest BCUT2D eigenvalue weighted by molar-refractivity contribution is 6.10. The molecule has 3 rings (SSSR count). The molecular formula is C17H20FN3O3. The Hall–Kier alpha value is -2.44. The van der Waals surface area contributed by atoms with Gasteiger partial charge >= 0.3 is 6.03 Å². The molecule has 4 amide bonds. The molecular weight excluding hydrogens is 313 g/mol. The summed E-state index contributed by atoms with van der Waals surface area (Å²) < 4.78 is 13.1. The predicted octanol–water partition coefficient (Wildman–Crippen LogP) is 2.33. The minimum absolute atomic E-state index is 0.321. The van der Waals surface area contributed by atoms with Gasteiger partial charge in [-0.15, -0.1) is 0 Å². The summed E-state index contributed by atoms with van der Waals surface area (Å²) >= 11 is 0. The first-order valence-electron chi connectivity index (χ1n) is 8.11. The topological polar surface area (TPSA) is 78.5 Å². The smallest absolute Gasteiger partial charge is 0.324 e. The molecule has 1 aliphatic heterocycles. The first-order chi connectivity index (χ1) is 11.4. The zero-order chi connectivity index (χ0) is 17.3. The van der Waals surface area contributed by atoms with Gasteiger partial charge in [0, 0.05) is 5.69 Å². The molecule has 2 fully saturated rings. The number of carbonyl (C=O) groups is 3. The Bertz CT molecular complexity index is 698. The summed E-state index contributed by atoms with van der Waals surface area (Å²) in [5.41, 5.74) is 0.201. The van der Waals surface area contributed by atoms with E-state index in [9.17, 15) is 18.8 Å². The largest absolute Gasteiger partial charge is 0.325 e. The van der Waals surface area contributed by atoms with E-state index in [1.807, 2.05) is 0 Å². The molecule has 1 aromatic carbocycles. The van der Waals surface area contributed by atoms with Crippen molar-refractivity contribution < 1.29 is 18.8 Å². The second-order valence-electron chi connectivity index (χ2n) is 6.47. The van der Waals surface area contributed by atoms with Crippen molar-refractivity contribution in [3.63, 3.8) is 0 Å². The molecule has 1 saturated carbocycles. The van der Waals surface area contributed by atoms with Gasteiger partial charge < -0.3 is 10.6 Å². The van der Waals surface area contributed by atoms with E-state index in [0.717, 1.165) is 24.2 Å². The number of aryl methyl sites for hydroxylation is 1. The first-order valence-corrected chi connectivity index (χ1v) is 8.11. The van der Waals surface area contributed by atoms with E-state index in [1.165, 1.54) is 18.2 Å². The Balaban J connectivity index is 1.68. The average molecular weight is 333 g/mol. The minimum Gasteiger partial charge on any atom is -0.324 e. The Kier molecular flexibility index (Phi) is 4.26. The third-order valence-corrected chi connectivity index (χ3v) is 4.72. The van der Waals surface area contributed by atoms with Crippen LogP contribution in [0.1, 0.15) is 37.7 Å². The summed E-state index contributed by atoms with van der Waals surface area (Å²) in [6.45, 7) is 1.33. The molecule has 128 valence electrons. The molecule has 0 bridgehead atoms. The van der Waals surface area contributed by atoms with Gasteiger partial charge in [0.1, 0.15) is 17.9 Å². The van der Waals surface area contributed by atoms with Gasteiger partial charge in [0.25, 0.3) is 5.91 Å². The lowest BCUT2D eigenvalue weighted by Crippen LogP contribution is -2.48. The number of carbonyl (C=O) groups excluding carboxylic acids is 3. The van der Waals surface area contributed by atoms with Crippen LogP contribution in [-0.4, -0.2) is 34.8 Å². The van der Waals surface area contributed by atoms with Gasteiger partial charge in [0.05, 0.1) is 0 Å². The Morgan fingerprint density at radius 3 is 2.67 bits per heavy atom. The van der Waals surface area contributed by atoms with E-state index in [2.05, 4.69) is 10.6 Å². The fourth-order valence-corrected chi connectivity index (χ4v) is 3.41. The van der Waals surface area contributed by atoms with Crippen LogP contribution in [0.3, 0.4) is 0 Å². The summed E-state index contributed by atoms with van der Waals surface area (Å²) in [6, 6.07) is 3.48. The summed E-state index contributed by atoms with van der Waals surface area (Å²) in [5, 5.41) is 5.38. The van der Waals surface area contributed by atoms with Crippen LogP contribution in [0, 0.1) is 12.7 Å². The van der Waals surface area contributed by atoms with Crippen LogP contribution in [0.5, 0.6) is 0 Å². The number of rotatable bonds is 3. The molecule has 1 saturated heterocycles. The SMILES string of the molecule is Cc1cc(F)ccc1NC(=O)CN1C(=O)NC2(CCCCC2)C1=O. The second-order valence-corrected chi connectivity index (χ2v) is 6.47. The summed E-state index contributed by atoms with van der Waals surface area (Å²) in [6.07, 6.45) is 4.07. The molecule has 0 radical (unpaired) electrons. The summed E-state index contributed by atoms with van der Waals surface area (Å²) in [7, 11) is 0. The molecule has 2 N–H and O–H groups in total. The van der Waals surface area contributed by atoms with Crippen molar-refractivity contribution in [3.05, 3.63) is 29.6 Å². The number of amides is 4. The number of benzene rings is 1. The molecule has 24 heavy (non-hydrogen) atoms. The maximum Gasteiger partial charge on any atom is 0.325 e. The van der Waals surface area contributed by atoms with Crippen LogP contribution in [0.25, 0.3) is 0 Å². The first kappa shape index (κ1) is 16.4. The van der Waals surface area contributed by atoms with E-state index < -0.39 is 17.5 Å². The normalized spacial score (nSPS) is 19.5. The molecule has 1 spiro atoms. The van der Waals surface area contributed by atoms with Crippen molar-refractivity contribution in [1.82, 2.24) is 10.2 Å². The number of nitrogens with zero attached hydrogens (tertiary/aromatic N) is 1. The lowest BCUT2D eigenvalue weighted by atomic mass is 9.82. The van der Waals surface area contributed by atoms with Crippen molar-refractivity contribution in [3.8, 4) is 0 Å². The lowest BCUT2D eigenvalue weighted by molar-refractivity contribution is -0.134. The van der Waals surface area contributed by atoms with Gasteiger partial charge in [0.15, 0.2) is 0 Å². The highest BCUT2D eigenvalue weighted by Gasteiger charge is 2.51. The Morgan fingerprint density at radius 1 is 1.29 bits per heavy atom. The maximum atomic E-state index is 13.1. The fourth-order valence-electron chi connectivity index (χ4n) is 3.41. The number of imide groups is 1. The average Bonchev–Trinajstić information content (AvgIpc) is 2.75. The van der Waals surface area contributed by atoms with Gasteiger partial charge in [0.2, 0.25) is 5.91 Å². The monoisotopic (exact) mass is 333 g/mol. The highest BCUT2D eigenvalue weighted by atomic mass is 19.1. The van der Waals surface area contributed by atoms with Gasteiger partial charge in [-0.25, -0.2) is 9.18 Å². The van der Waals surface area contributed by atoms with Crippen LogP contribution in [0.15, 0.2) is 18.2 Å². The molecule has 0 atom stereocenters. The van der Waals surface area contributed by atoms with Crippen molar-refractivity contribution in [2.75, 3.05) is 11.9 Å². The highest BCUT2D eigenvalue weighted by Crippen LogP contribution is 2.33. The quantitative estimate of drug-likeness (QED) is 0.833. The number of urea groups is 1. The molecule has 6 nitrogen and oxygen atoms in total. The molecule has 0 unspecified atom stereocenters. The van der Waals surface area contributed by atoms with Gasteiger partial charge in [-0.3, -0.25) is 14.5 Å². The minimum atomic E-state index is -0.832. The van der Waals surface area contributed by atoms with Gasteiger partial charge in [-0.2, -0.15) is 0 Å². The van der Waals surface area contributed by atoms with Crippen molar-refractivity contribution in [2.45, 2.75) is 44.6 Å². The zero-order valence-corrected chi connectivity index (χ0v) is 13.5. The lowest BCUT2D eigenvalue weighted by Gasteiger charge is -2.30. The van der Waals surface area contributed by atoms with E-state index in [4.69, 9.17) is 0 Å². The molecule has 1 aliphatic carbocycles. The molecule has 7 heteroatoms. The third-order valence-electron chi connectivity index (χ3n) is 4.72. The van der Waals surface area contributed by atoms with E-state index in [0.29, 0.717) is 24.1 Å². The molecule has 0 aromatic heterocycles. The van der Waals surface area contributed by atoms with Crippen LogP contribution in [0.4, 0.5) is 14.9 Å². The maximum absolute atomic E-state index is 13.1. The predicted molar refractivity (Wildman–Crippen MR) is 85.8 cm³/mol. The summed E-state index contributed by atoms with van der Waals surface area (Å²) in [4.78, 5) is 37.9.